The van der Waals surface area contributed by atoms with Crippen LogP contribution in [0.1, 0.15) is 37.8 Å². The molecule has 0 aliphatic heterocycles. The molecule has 1 N–H and O–H groups in total. The predicted molar refractivity (Wildman–Crippen MR) is 121 cm³/mol. The van der Waals surface area contributed by atoms with E-state index < -0.39 is 0 Å². The van der Waals surface area contributed by atoms with Crippen LogP contribution in [-0.4, -0.2) is 12.3 Å². The summed E-state index contributed by atoms with van der Waals surface area (Å²) < 4.78 is 0. The average molecular weight is 418 g/mol. The van der Waals surface area contributed by atoms with Gasteiger partial charge in [0.05, 0.1) is 5.02 Å². The topological polar surface area (TPSA) is 12.0 Å². The lowest BCUT2D eigenvalue weighted by Gasteiger charge is -2.16. The minimum atomic E-state index is 0.357. The number of hydrogen-bond donors (Lipinski definition) is 1. The molecule has 0 spiro atoms. The van der Waals surface area contributed by atoms with Gasteiger partial charge in [0.2, 0.25) is 0 Å². The number of halogens is 2. The van der Waals surface area contributed by atoms with E-state index in [1.54, 1.807) is 11.8 Å². The molecule has 0 aromatic heterocycles. The van der Waals surface area contributed by atoms with E-state index in [9.17, 15) is 0 Å². The second-order valence-corrected chi connectivity index (χ2v) is 8.71. The molecule has 0 fully saturated rings. The molecule has 4 heteroatoms. The first-order valence-corrected chi connectivity index (χ1v) is 11.2. The molecule has 0 radical (unpaired) electrons. The molecule has 3 aromatic rings. The summed E-state index contributed by atoms with van der Waals surface area (Å²) in [5.41, 5.74) is 1.37. The first-order chi connectivity index (χ1) is 13.1. The Hall–Kier alpha value is -1.19. The summed E-state index contributed by atoms with van der Waals surface area (Å²) in [4.78, 5) is 1.08. The minimum Gasteiger partial charge on any atom is -0.310 e. The number of thioether (sulfide) groups is 1. The van der Waals surface area contributed by atoms with Crippen molar-refractivity contribution in [2.75, 3.05) is 12.3 Å². The van der Waals surface area contributed by atoms with Crippen LogP contribution in [0.15, 0.2) is 65.6 Å². The van der Waals surface area contributed by atoms with Crippen LogP contribution in [-0.2, 0) is 0 Å². The van der Waals surface area contributed by atoms with Crippen LogP contribution in [0.2, 0.25) is 10.0 Å². The fraction of sp³-hybridized carbons (Fsp3) is 0.304. The fourth-order valence-corrected chi connectivity index (χ4v) is 4.73. The highest BCUT2D eigenvalue weighted by molar-refractivity contribution is 7.99. The van der Waals surface area contributed by atoms with Gasteiger partial charge in [-0.25, -0.2) is 0 Å². The van der Waals surface area contributed by atoms with Crippen LogP contribution in [0.25, 0.3) is 10.8 Å². The summed E-state index contributed by atoms with van der Waals surface area (Å²) in [6.45, 7) is 3.28. The maximum atomic E-state index is 6.20. The summed E-state index contributed by atoms with van der Waals surface area (Å²) in [5.74, 6) is 1.07. The van der Waals surface area contributed by atoms with E-state index in [1.165, 1.54) is 35.6 Å². The quantitative estimate of drug-likeness (QED) is 0.281. The van der Waals surface area contributed by atoms with Gasteiger partial charge in [-0.3, -0.25) is 0 Å². The van der Waals surface area contributed by atoms with Crippen LogP contribution in [0.4, 0.5) is 0 Å². The van der Waals surface area contributed by atoms with Crippen LogP contribution < -0.4 is 5.32 Å². The van der Waals surface area contributed by atoms with E-state index >= 15 is 0 Å². The molecule has 1 atom stereocenters. The number of benzene rings is 3. The highest BCUT2D eigenvalue weighted by atomic mass is 35.5. The van der Waals surface area contributed by atoms with Crippen molar-refractivity contribution in [3.63, 3.8) is 0 Å². The molecular formula is C23H25Cl2NS. The summed E-state index contributed by atoms with van der Waals surface area (Å²) in [5, 5.41) is 7.85. The molecule has 0 saturated heterocycles. The number of rotatable bonds is 9. The molecule has 0 unspecified atom stereocenters. The van der Waals surface area contributed by atoms with Gasteiger partial charge in [-0.1, -0.05) is 72.1 Å². The van der Waals surface area contributed by atoms with Crippen molar-refractivity contribution < 1.29 is 0 Å². The Bertz CT molecular complexity index is 876. The van der Waals surface area contributed by atoms with Gasteiger partial charge in [0.25, 0.3) is 0 Å². The van der Waals surface area contributed by atoms with Gasteiger partial charge in [0.15, 0.2) is 0 Å². The standard InChI is InChI=1S/C23H25Cl2NS/c1-17(20-11-7-9-18-8-3-4-10-21(18)20)26-14-5-2-6-15-27-23-16-19(24)12-13-22(23)25/h3-4,7-13,16-17,26H,2,5-6,14-15H2,1H3/t17-/m1/s1. The molecule has 0 heterocycles. The molecule has 0 saturated carbocycles. The van der Waals surface area contributed by atoms with Crippen LogP contribution in [0.3, 0.4) is 0 Å². The van der Waals surface area contributed by atoms with Crippen molar-refractivity contribution >= 4 is 45.7 Å². The predicted octanol–water partition coefficient (Wildman–Crippen LogP) is 7.76. The van der Waals surface area contributed by atoms with Crippen LogP contribution in [0, 0.1) is 0 Å². The Morgan fingerprint density at radius 1 is 0.926 bits per heavy atom. The van der Waals surface area contributed by atoms with Gasteiger partial charge in [-0.15, -0.1) is 11.8 Å². The Kier molecular flexibility index (Phi) is 7.90. The Labute approximate surface area is 176 Å². The highest BCUT2D eigenvalue weighted by Crippen LogP contribution is 2.30. The van der Waals surface area contributed by atoms with Crippen molar-refractivity contribution in [1.82, 2.24) is 5.32 Å². The maximum Gasteiger partial charge on any atom is 0.0542 e. The molecule has 0 aliphatic rings. The molecule has 3 aromatic carbocycles. The Morgan fingerprint density at radius 2 is 1.74 bits per heavy atom. The highest BCUT2D eigenvalue weighted by Gasteiger charge is 2.08. The minimum absolute atomic E-state index is 0.357. The van der Waals surface area contributed by atoms with Crippen molar-refractivity contribution in [1.29, 1.82) is 0 Å². The smallest absolute Gasteiger partial charge is 0.0542 e. The molecule has 3 rings (SSSR count). The SMILES string of the molecule is C[C@@H](NCCCCCSc1cc(Cl)ccc1Cl)c1cccc2ccccc12. The molecule has 0 amide bonds. The monoisotopic (exact) mass is 417 g/mol. The Morgan fingerprint density at radius 3 is 2.63 bits per heavy atom. The number of unbranched alkanes of at least 4 members (excludes halogenated alkanes) is 2. The zero-order valence-electron chi connectivity index (χ0n) is 15.6. The van der Waals surface area contributed by atoms with Crippen molar-refractivity contribution in [2.45, 2.75) is 37.1 Å². The second-order valence-electron chi connectivity index (χ2n) is 6.73. The van der Waals surface area contributed by atoms with Crippen LogP contribution >= 0.6 is 35.0 Å². The van der Waals surface area contributed by atoms with Gasteiger partial charge in [-0.2, -0.15) is 0 Å². The molecule has 0 aliphatic carbocycles. The van der Waals surface area contributed by atoms with E-state index in [0.29, 0.717) is 6.04 Å². The largest absolute Gasteiger partial charge is 0.310 e. The zero-order chi connectivity index (χ0) is 19.1. The van der Waals surface area contributed by atoms with Gasteiger partial charge in [0, 0.05) is 16.0 Å². The number of fused-ring (bicyclic) bond motifs is 1. The number of hydrogen-bond acceptors (Lipinski definition) is 2. The van der Waals surface area contributed by atoms with E-state index in [2.05, 4.69) is 54.7 Å². The third-order valence-corrected chi connectivity index (χ3v) is 6.53. The van der Waals surface area contributed by atoms with E-state index in [4.69, 9.17) is 23.2 Å². The summed E-state index contributed by atoms with van der Waals surface area (Å²) in [6.07, 6.45) is 3.57. The third kappa shape index (κ3) is 5.89. The van der Waals surface area contributed by atoms with Gasteiger partial charge >= 0.3 is 0 Å². The van der Waals surface area contributed by atoms with E-state index in [0.717, 1.165) is 27.2 Å². The van der Waals surface area contributed by atoms with Gasteiger partial charge < -0.3 is 5.32 Å². The van der Waals surface area contributed by atoms with E-state index in [-0.39, 0.29) is 0 Å². The van der Waals surface area contributed by atoms with Gasteiger partial charge in [0.1, 0.15) is 0 Å². The zero-order valence-corrected chi connectivity index (χ0v) is 17.9. The second kappa shape index (κ2) is 10.4. The van der Waals surface area contributed by atoms with E-state index in [1.807, 2.05) is 18.2 Å². The lowest BCUT2D eigenvalue weighted by molar-refractivity contribution is 0.547. The normalized spacial score (nSPS) is 12.4. The Balaban J connectivity index is 1.38. The average Bonchev–Trinajstić information content (AvgIpc) is 2.69. The first-order valence-electron chi connectivity index (χ1n) is 9.44. The molecule has 0 bridgehead atoms. The first kappa shape index (κ1) is 20.5. The molecule has 142 valence electrons. The summed E-state index contributed by atoms with van der Waals surface area (Å²) in [7, 11) is 0. The van der Waals surface area contributed by atoms with Crippen LogP contribution in [0.5, 0.6) is 0 Å². The third-order valence-electron chi connectivity index (χ3n) is 4.71. The molecular weight excluding hydrogens is 393 g/mol. The number of nitrogens with one attached hydrogen (secondary N) is 1. The van der Waals surface area contributed by atoms with Crippen molar-refractivity contribution in [3.05, 3.63) is 76.3 Å². The molecule has 1 nitrogen and oxygen atoms in total. The molecule has 27 heavy (non-hydrogen) atoms. The maximum absolute atomic E-state index is 6.20. The van der Waals surface area contributed by atoms with Gasteiger partial charge in [-0.05, 0) is 66.6 Å². The summed E-state index contributed by atoms with van der Waals surface area (Å²) in [6, 6.07) is 21.1. The van der Waals surface area contributed by atoms with Crippen molar-refractivity contribution in [2.24, 2.45) is 0 Å². The van der Waals surface area contributed by atoms with Crippen molar-refractivity contribution in [3.8, 4) is 0 Å². The summed E-state index contributed by atoms with van der Waals surface area (Å²) >= 11 is 14.0. The lowest BCUT2D eigenvalue weighted by Crippen LogP contribution is -2.20. The lowest BCUT2D eigenvalue weighted by atomic mass is 9.99. The fourth-order valence-electron chi connectivity index (χ4n) is 3.23.